The molecule has 2 aliphatic rings. The number of ether oxygens (including phenoxy) is 1. The Labute approximate surface area is 88.0 Å². The van der Waals surface area contributed by atoms with Gasteiger partial charge in [0.05, 0.1) is 18.4 Å². The summed E-state index contributed by atoms with van der Waals surface area (Å²) < 4.78 is 5.15. The van der Waals surface area contributed by atoms with Gasteiger partial charge in [-0.25, -0.2) is 0 Å². The van der Waals surface area contributed by atoms with Gasteiger partial charge in [0.25, 0.3) is 0 Å². The summed E-state index contributed by atoms with van der Waals surface area (Å²) in [5.41, 5.74) is 0. The summed E-state index contributed by atoms with van der Waals surface area (Å²) in [5, 5.41) is 8.82. The van der Waals surface area contributed by atoms with Gasteiger partial charge in [-0.15, -0.1) is 0 Å². The molecule has 0 aliphatic carbocycles. The maximum Gasteiger partial charge on any atom is 0.308 e. The lowest BCUT2D eigenvalue weighted by Gasteiger charge is -2.19. The van der Waals surface area contributed by atoms with Gasteiger partial charge in [0, 0.05) is 19.7 Å². The predicted octanol–water partition coefficient (Wildman–Crippen LogP) is -0.0440. The normalized spacial score (nSPS) is 30.8. The first kappa shape index (κ1) is 10.4. The van der Waals surface area contributed by atoms with E-state index in [-0.39, 0.29) is 17.7 Å². The molecule has 2 saturated heterocycles. The SMILES string of the molecule is O=C(O)[C@H]1CCN(C(=O)[C@@H]2CCOC2)C1. The Hall–Kier alpha value is -1.10. The highest BCUT2D eigenvalue weighted by atomic mass is 16.5. The van der Waals surface area contributed by atoms with E-state index < -0.39 is 5.97 Å². The van der Waals surface area contributed by atoms with Crippen LogP contribution in [0.3, 0.4) is 0 Å². The van der Waals surface area contributed by atoms with Crippen molar-refractivity contribution < 1.29 is 19.4 Å². The highest BCUT2D eigenvalue weighted by molar-refractivity contribution is 5.81. The van der Waals surface area contributed by atoms with E-state index in [4.69, 9.17) is 9.84 Å². The predicted molar refractivity (Wildman–Crippen MR) is 51.2 cm³/mol. The Bertz CT molecular complexity index is 273. The van der Waals surface area contributed by atoms with Crippen molar-refractivity contribution in [2.45, 2.75) is 12.8 Å². The number of rotatable bonds is 2. The van der Waals surface area contributed by atoms with Crippen molar-refractivity contribution in [3.05, 3.63) is 0 Å². The van der Waals surface area contributed by atoms with Gasteiger partial charge < -0.3 is 14.7 Å². The second-order valence-corrected chi connectivity index (χ2v) is 4.17. The molecule has 0 saturated carbocycles. The lowest BCUT2D eigenvalue weighted by molar-refractivity contribution is -0.141. The highest BCUT2D eigenvalue weighted by Crippen LogP contribution is 2.22. The van der Waals surface area contributed by atoms with Crippen LogP contribution < -0.4 is 0 Å². The van der Waals surface area contributed by atoms with E-state index in [1.165, 1.54) is 0 Å². The fourth-order valence-electron chi connectivity index (χ4n) is 2.15. The van der Waals surface area contributed by atoms with Crippen molar-refractivity contribution in [3.8, 4) is 0 Å². The van der Waals surface area contributed by atoms with E-state index in [0.717, 1.165) is 6.42 Å². The molecule has 2 rings (SSSR count). The number of aliphatic carboxylic acids is 1. The zero-order valence-electron chi connectivity index (χ0n) is 8.52. The monoisotopic (exact) mass is 213 g/mol. The molecule has 0 radical (unpaired) electrons. The molecule has 0 unspecified atom stereocenters. The number of carbonyl (C=O) groups excluding carboxylic acids is 1. The number of amides is 1. The van der Waals surface area contributed by atoms with Gasteiger partial charge in [0.15, 0.2) is 0 Å². The van der Waals surface area contributed by atoms with Crippen LogP contribution in [-0.2, 0) is 14.3 Å². The molecule has 0 aromatic carbocycles. The summed E-state index contributed by atoms with van der Waals surface area (Å²) in [6, 6.07) is 0. The van der Waals surface area contributed by atoms with Crippen LogP contribution in [0, 0.1) is 11.8 Å². The van der Waals surface area contributed by atoms with Crippen molar-refractivity contribution >= 4 is 11.9 Å². The molecule has 1 N–H and O–H groups in total. The average molecular weight is 213 g/mol. The third-order valence-electron chi connectivity index (χ3n) is 3.13. The quantitative estimate of drug-likeness (QED) is 0.698. The maximum absolute atomic E-state index is 11.9. The molecule has 2 aliphatic heterocycles. The van der Waals surface area contributed by atoms with Gasteiger partial charge >= 0.3 is 5.97 Å². The second kappa shape index (κ2) is 4.18. The summed E-state index contributed by atoms with van der Waals surface area (Å²) in [4.78, 5) is 24.3. The summed E-state index contributed by atoms with van der Waals surface area (Å²) in [6.07, 6.45) is 1.35. The van der Waals surface area contributed by atoms with E-state index >= 15 is 0 Å². The second-order valence-electron chi connectivity index (χ2n) is 4.17. The average Bonchev–Trinajstić information content (AvgIpc) is 2.88. The van der Waals surface area contributed by atoms with Crippen molar-refractivity contribution in [1.82, 2.24) is 4.90 Å². The minimum Gasteiger partial charge on any atom is -0.481 e. The molecule has 5 nitrogen and oxygen atoms in total. The lowest BCUT2D eigenvalue weighted by atomic mass is 10.1. The van der Waals surface area contributed by atoms with Gasteiger partial charge in [0.2, 0.25) is 5.91 Å². The zero-order valence-corrected chi connectivity index (χ0v) is 8.52. The van der Waals surface area contributed by atoms with Crippen molar-refractivity contribution in [2.24, 2.45) is 11.8 Å². The first-order valence-corrected chi connectivity index (χ1v) is 5.28. The summed E-state index contributed by atoms with van der Waals surface area (Å²) in [7, 11) is 0. The third kappa shape index (κ3) is 2.12. The van der Waals surface area contributed by atoms with Gasteiger partial charge in [-0.1, -0.05) is 0 Å². The Balaban J connectivity index is 1.89. The van der Waals surface area contributed by atoms with Crippen LogP contribution in [-0.4, -0.2) is 48.2 Å². The molecular weight excluding hydrogens is 198 g/mol. The number of carboxylic acid groups (broad SMARTS) is 1. The fraction of sp³-hybridized carbons (Fsp3) is 0.800. The maximum atomic E-state index is 11.9. The Morgan fingerprint density at radius 2 is 2.07 bits per heavy atom. The van der Waals surface area contributed by atoms with Crippen molar-refractivity contribution in [1.29, 1.82) is 0 Å². The van der Waals surface area contributed by atoms with E-state index in [1.807, 2.05) is 0 Å². The fourth-order valence-corrected chi connectivity index (χ4v) is 2.15. The molecule has 2 atom stereocenters. The van der Waals surface area contributed by atoms with Crippen LogP contribution >= 0.6 is 0 Å². The molecular formula is C10H15NO4. The number of carbonyl (C=O) groups is 2. The Morgan fingerprint density at radius 3 is 2.60 bits per heavy atom. The zero-order chi connectivity index (χ0) is 10.8. The number of nitrogens with zero attached hydrogens (tertiary/aromatic N) is 1. The minimum absolute atomic E-state index is 0.0439. The molecule has 1 amide bonds. The minimum atomic E-state index is -0.798. The lowest BCUT2D eigenvalue weighted by Crippen LogP contribution is -2.35. The van der Waals surface area contributed by atoms with Crippen LogP contribution in [0.15, 0.2) is 0 Å². The third-order valence-corrected chi connectivity index (χ3v) is 3.13. The molecule has 0 spiro atoms. The van der Waals surface area contributed by atoms with Crippen LogP contribution in [0.1, 0.15) is 12.8 Å². The molecule has 5 heteroatoms. The van der Waals surface area contributed by atoms with Crippen LogP contribution in [0.4, 0.5) is 0 Å². The number of hydrogen-bond donors (Lipinski definition) is 1. The van der Waals surface area contributed by atoms with Crippen LogP contribution in [0.25, 0.3) is 0 Å². The van der Waals surface area contributed by atoms with Gasteiger partial charge in [0.1, 0.15) is 0 Å². The summed E-state index contributed by atoms with van der Waals surface area (Å²) in [5.74, 6) is -1.15. The number of hydrogen-bond acceptors (Lipinski definition) is 3. The van der Waals surface area contributed by atoms with E-state index in [9.17, 15) is 9.59 Å². The van der Waals surface area contributed by atoms with Crippen LogP contribution in [0.2, 0.25) is 0 Å². The number of likely N-dealkylation sites (tertiary alicyclic amines) is 1. The molecule has 2 heterocycles. The molecule has 15 heavy (non-hydrogen) atoms. The largest absolute Gasteiger partial charge is 0.481 e. The van der Waals surface area contributed by atoms with E-state index in [0.29, 0.717) is 32.7 Å². The Kier molecular flexibility index (Phi) is 2.90. The molecule has 2 fully saturated rings. The van der Waals surface area contributed by atoms with Crippen molar-refractivity contribution in [3.63, 3.8) is 0 Å². The number of carboxylic acids is 1. The smallest absolute Gasteiger partial charge is 0.308 e. The van der Waals surface area contributed by atoms with Crippen LogP contribution in [0.5, 0.6) is 0 Å². The Morgan fingerprint density at radius 1 is 1.27 bits per heavy atom. The summed E-state index contributed by atoms with van der Waals surface area (Å²) in [6.45, 7) is 2.08. The molecule has 84 valence electrons. The van der Waals surface area contributed by atoms with Crippen molar-refractivity contribution in [2.75, 3.05) is 26.3 Å². The first-order valence-electron chi connectivity index (χ1n) is 5.28. The molecule has 0 aromatic heterocycles. The molecule has 0 bridgehead atoms. The standard InChI is InChI=1S/C10H15NO4/c12-9(8-2-4-15-6-8)11-3-1-7(5-11)10(13)14/h7-8H,1-6H2,(H,13,14)/t7-,8+/m0/s1. The topological polar surface area (TPSA) is 66.8 Å². The van der Waals surface area contributed by atoms with Gasteiger partial charge in [-0.05, 0) is 12.8 Å². The molecule has 0 aromatic rings. The van der Waals surface area contributed by atoms with Gasteiger partial charge in [-0.2, -0.15) is 0 Å². The first-order chi connectivity index (χ1) is 7.18. The van der Waals surface area contributed by atoms with E-state index in [2.05, 4.69) is 0 Å². The summed E-state index contributed by atoms with van der Waals surface area (Å²) >= 11 is 0. The van der Waals surface area contributed by atoms with Gasteiger partial charge in [-0.3, -0.25) is 9.59 Å². The van der Waals surface area contributed by atoms with E-state index in [1.54, 1.807) is 4.90 Å². The highest BCUT2D eigenvalue weighted by Gasteiger charge is 2.35.